The van der Waals surface area contributed by atoms with E-state index < -0.39 is 0 Å². The van der Waals surface area contributed by atoms with Crippen molar-refractivity contribution < 1.29 is 4.79 Å². The SMILES string of the molecule is I.NC(=NCCN1C(=O)Cc2ccccc21)N1CCN(c2ncccn2)CC1. The molecule has 0 saturated carbocycles. The average molecular weight is 493 g/mol. The van der Waals surface area contributed by atoms with Crippen molar-refractivity contribution in [2.75, 3.05) is 49.1 Å². The number of hydrogen-bond donors (Lipinski definition) is 1. The van der Waals surface area contributed by atoms with Gasteiger partial charge in [-0.2, -0.15) is 0 Å². The van der Waals surface area contributed by atoms with Gasteiger partial charge in [-0.3, -0.25) is 9.79 Å². The lowest BCUT2D eigenvalue weighted by Gasteiger charge is -2.35. The Hall–Kier alpha value is -2.43. The normalized spacial score (nSPS) is 16.8. The molecule has 4 rings (SSSR count). The number of piperazine rings is 1. The van der Waals surface area contributed by atoms with E-state index in [0.29, 0.717) is 25.5 Å². The van der Waals surface area contributed by atoms with E-state index >= 15 is 0 Å². The summed E-state index contributed by atoms with van der Waals surface area (Å²) in [7, 11) is 0. The van der Waals surface area contributed by atoms with Crippen LogP contribution < -0.4 is 15.5 Å². The van der Waals surface area contributed by atoms with Gasteiger partial charge in [-0.05, 0) is 17.7 Å². The standard InChI is InChI=1S/C19H23N7O.HI/c20-18(24-10-12-25(13-11-24)19-22-6-3-7-23-19)21-8-9-26-16-5-2-1-4-15(16)14-17(26)27;/h1-7H,8-14H2,(H2,20,21);1H. The van der Waals surface area contributed by atoms with E-state index in [-0.39, 0.29) is 29.9 Å². The highest BCUT2D eigenvalue weighted by atomic mass is 127. The largest absolute Gasteiger partial charge is 0.370 e. The molecule has 2 N–H and O–H groups in total. The second-order valence-electron chi connectivity index (χ2n) is 6.61. The predicted octanol–water partition coefficient (Wildman–Crippen LogP) is 1.12. The number of rotatable bonds is 4. The lowest BCUT2D eigenvalue weighted by molar-refractivity contribution is -0.117. The molecule has 0 unspecified atom stereocenters. The van der Waals surface area contributed by atoms with Gasteiger partial charge in [-0.25, -0.2) is 9.97 Å². The first-order chi connectivity index (χ1) is 13.2. The van der Waals surface area contributed by atoms with E-state index in [1.807, 2.05) is 30.3 Å². The molecule has 9 heteroatoms. The van der Waals surface area contributed by atoms with Crippen molar-refractivity contribution in [3.05, 3.63) is 48.3 Å². The Morgan fingerprint density at radius 1 is 1.07 bits per heavy atom. The monoisotopic (exact) mass is 493 g/mol. The summed E-state index contributed by atoms with van der Waals surface area (Å²) in [6.45, 7) is 4.21. The highest BCUT2D eigenvalue weighted by Gasteiger charge is 2.26. The summed E-state index contributed by atoms with van der Waals surface area (Å²) in [5, 5.41) is 0. The second kappa shape index (κ2) is 9.18. The third-order valence-electron chi connectivity index (χ3n) is 4.96. The van der Waals surface area contributed by atoms with Gasteiger partial charge in [0.25, 0.3) is 0 Å². The lowest BCUT2D eigenvalue weighted by Crippen LogP contribution is -2.51. The Kier molecular flexibility index (Phi) is 6.65. The highest BCUT2D eigenvalue weighted by molar-refractivity contribution is 14.0. The molecule has 148 valence electrons. The van der Waals surface area contributed by atoms with Crippen LogP contribution in [0.3, 0.4) is 0 Å². The van der Waals surface area contributed by atoms with Crippen LogP contribution in [0.5, 0.6) is 0 Å². The van der Waals surface area contributed by atoms with Crippen LogP contribution in [0.2, 0.25) is 0 Å². The summed E-state index contributed by atoms with van der Waals surface area (Å²) < 4.78 is 0. The molecule has 2 aromatic rings. The molecule has 1 aromatic heterocycles. The van der Waals surface area contributed by atoms with E-state index in [2.05, 4.69) is 24.8 Å². The van der Waals surface area contributed by atoms with Crippen LogP contribution >= 0.6 is 24.0 Å². The van der Waals surface area contributed by atoms with Crippen molar-refractivity contribution in [1.82, 2.24) is 14.9 Å². The maximum atomic E-state index is 12.2. The number of amides is 1. The van der Waals surface area contributed by atoms with Crippen LogP contribution in [0.25, 0.3) is 0 Å². The topological polar surface area (TPSA) is 91.0 Å². The zero-order valence-corrected chi connectivity index (χ0v) is 17.9. The summed E-state index contributed by atoms with van der Waals surface area (Å²) in [6.07, 6.45) is 3.98. The average Bonchev–Trinajstić information content (AvgIpc) is 3.04. The minimum atomic E-state index is 0. The molecule has 1 amide bonds. The molecule has 0 aliphatic carbocycles. The van der Waals surface area contributed by atoms with E-state index in [0.717, 1.165) is 43.4 Å². The summed E-state index contributed by atoms with van der Waals surface area (Å²) >= 11 is 0. The number of benzene rings is 1. The van der Waals surface area contributed by atoms with Crippen molar-refractivity contribution in [1.29, 1.82) is 0 Å². The fourth-order valence-corrected chi connectivity index (χ4v) is 3.52. The number of guanidine groups is 1. The number of nitrogens with zero attached hydrogens (tertiary/aromatic N) is 6. The van der Waals surface area contributed by atoms with Crippen molar-refractivity contribution in [3.63, 3.8) is 0 Å². The van der Waals surface area contributed by atoms with Gasteiger partial charge in [-0.15, -0.1) is 24.0 Å². The first-order valence-electron chi connectivity index (χ1n) is 9.17. The Labute approximate surface area is 181 Å². The smallest absolute Gasteiger partial charge is 0.231 e. The number of nitrogens with two attached hydrogens (primary N) is 1. The number of aliphatic imine (C=N–C) groups is 1. The molecule has 2 aliphatic rings. The molecular formula is C19H24IN7O. The van der Waals surface area contributed by atoms with Gasteiger partial charge in [0, 0.05) is 50.8 Å². The van der Waals surface area contributed by atoms with E-state index in [4.69, 9.17) is 5.73 Å². The fourth-order valence-electron chi connectivity index (χ4n) is 3.52. The second-order valence-corrected chi connectivity index (χ2v) is 6.61. The first kappa shape index (κ1) is 20.3. The van der Waals surface area contributed by atoms with Crippen LogP contribution in [0, 0.1) is 0 Å². The maximum Gasteiger partial charge on any atom is 0.231 e. The Morgan fingerprint density at radius 2 is 1.79 bits per heavy atom. The van der Waals surface area contributed by atoms with E-state index in [9.17, 15) is 4.79 Å². The quantitative estimate of drug-likeness (QED) is 0.390. The summed E-state index contributed by atoms with van der Waals surface area (Å²) in [5.41, 5.74) is 8.24. The number of anilines is 2. The van der Waals surface area contributed by atoms with Gasteiger partial charge in [-0.1, -0.05) is 18.2 Å². The molecule has 0 spiro atoms. The van der Waals surface area contributed by atoms with Crippen molar-refractivity contribution in [2.45, 2.75) is 6.42 Å². The molecule has 28 heavy (non-hydrogen) atoms. The van der Waals surface area contributed by atoms with Crippen molar-refractivity contribution >= 4 is 47.5 Å². The maximum absolute atomic E-state index is 12.2. The van der Waals surface area contributed by atoms with Crippen LogP contribution in [-0.4, -0.2) is 66.0 Å². The minimum Gasteiger partial charge on any atom is -0.370 e. The fraction of sp³-hybridized carbons (Fsp3) is 0.368. The highest BCUT2D eigenvalue weighted by Crippen LogP contribution is 2.27. The van der Waals surface area contributed by atoms with E-state index in [1.165, 1.54) is 0 Å². The molecule has 8 nitrogen and oxygen atoms in total. The van der Waals surface area contributed by atoms with Crippen molar-refractivity contribution in [3.8, 4) is 0 Å². The number of halogens is 1. The molecule has 0 bridgehead atoms. The van der Waals surface area contributed by atoms with Crippen LogP contribution in [0.4, 0.5) is 11.6 Å². The van der Waals surface area contributed by atoms with Crippen LogP contribution in [0.1, 0.15) is 5.56 Å². The molecule has 1 aromatic carbocycles. The Morgan fingerprint density at radius 3 is 2.54 bits per heavy atom. The third-order valence-corrected chi connectivity index (χ3v) is 4.96. The molecule has 0 radical (unpaired) electrons. The summed E-state index contributed by atoms with van der Waals surface area (Å²) in [6, 6.07) is 9.72. The first-order valence-corrected chi connectivity index (χ1v) is 9.17. The molecule has 1 saturated heterocycles. The molecule has 2 aliphatic heterocycles. The number of carbonyl (C=O) groups excluding carboxylic acids is 1. The number of fused-ring (bicyclic) bond motifs is 1. The predicted molar refractivity (Wildman–Crippen MR) is 120 cm³/mol. The summed E-state index contributed by atoms with van der Waals surface area (Å²) in [5.74, 6) is 1.41. The number of aromatic nitrogens is 2. The molecular weight excluding hydrogens is 469 g/mol. The van der Waals surface area contributed by atoms with E-state index in [1.54, 1.807) is 17.3 Å². The zero-order valence-electron chi connectivity index (χ0n) is 15.6. The Bertz CT molecular complexity index is 837. The van der Waals surface area contributed by atoms with Crippen LogP contribution in [0.15, 0.2) is 47.7 Å². The van der Waals surface area contributed by atoms with Gasteiger partial charge in [0.2, 0.25) is 11.9 Å². The molecule has 3 heterocycles. The van der Waals surface area contributed by atoms with Crippen LogP contribution in [-0.2, 0) is 11.2 Å². The summed E-state index contributed by atoms with van der Waals surface area (Å²) in [4.78, 5) is 31.3. The van der Waals surface area contributed by atoms with Gasteiger partial charge >= 0.3 is 0 Å². The Balaban J connectivity index is 0.00000225. The van der Waals surface area contributed by atoms with Gasteiger partial charge in [0.1, 0.15) is 0 Å². The minimum absolute atomic E-state index is 0. The zero-order chi connectivity index (χ0) is 18.6. The number of para-hydroxylation sites is 1. The van der Waals surface area contributed by atoms with Gasteiger partial charge < -0.3 is 20.4 Å². The lowest BCUT2D eigenvalue weighted by atomic mass is 10.2. The van der Waals surface area contributed by atoms with Gasteiger partial charge in [0.05, 0.1) is 13.0 Å². The molecule has 0 atom stereocenters. The van der Waals surface area contributed by atoms with Crippen molar-refractivity contribution in [2.24, 2.45) is 10.7 Å². The number of hydrogen-bond acceptors (Lipinski definition) is 5. The van der Waals surface area contributed by atoms with Gasteiger partial charge in [0.15, 0.2) is 5.96 Å². The number of carbonyl (C=O) groups is 1. The third kappa shape index (κ3) is 4.34. The molecule has 1 fully saturated rings.